The van der Waals surface area contributed by atoms with Crippen molar-refractivity contribution in [2.75, 3.05) is 18.4 Å². The summed E-state index contributed by atoms with van der Waals surface area (Å²) in [7, 11) is 0. The van der Waals surface area contributed by atoms with Crippen LogP contribution in [0.2, 0.25) is 0 Å². The second-order valence-corrected chi connectivity index (χ2v) is 7.52. The average Bonchev–Trinajstić information content (AvgIpc) is 3.31. The van der Waals surface area contributed by atoms with E-state index in [-0.39, 0.29) is 5.91 Å². The Morgan fingerprint density at radius 2 is 1.96 bits per heavy atom. The first-order chi connectivity index (χ1) is 13.2. The third-order valence-corrected chi connectivity index (χ3v) is 5.33. The van der Waals surface area contributed by atoms with Gasteiger partial charge in [0, 0.05) is 23.1 Å². The highest BCUT2D eigenvalue weighted by molar-refractivity contribution is 7.13. The lowest BCUT2D eigenvalue weighted by atomic mass is 10.1. The molecule has 0 atom stereocenters. The number of nitrogens with one attached hydrogen (secondary N) is 1. The van der Waals surface area contributed by atoms with E-state index in [4.69, 9.17) is 4.52 Å². The van der Waals surface area contributed by atoms with Crippen molar-refractivity contribution in [1.82, 2.24) is 20.0 Å². The number of carbonyl (C=O) groups excluding carboxylic acids is 1. The van der Waals surface area contributed by atoms with Gasteiger partial charge in [-0.15, -0.1) is 11.3 Å². The molecule has 1 aromatic carbocycles. The zero-order chi connectivity index (χ0) is 18.6. The lowest BCUT2D eigenvalue weighted by molar-refractivity contribution is 0.102. The Labute approximate surface area is 161 Å². The second-order valence-electron chi connectivity index (χ2n) is 6.66. The van der Waals surface area contributed by atoms with Crippen molar-refractivity contribution in [3.05, 3.63) is 46.7 Å². The van der Waals surface area contributed by atoms with E-state index in [1.807, 2.05) is 5.38 Å². The summed E-state index contributed by atoms with van der Waals surface area (Å²) in [6.07, 6.45) is 3.83. The van der Waals surface area contributed by atoms with E-state index in [2.05, 4.69) is 25.3 Å². The van der Waals surface area contributed by atoms with Crippen molar-refractivity contribution in [2.45, 2.75) is 32.7 Å². The van der Waals surface area contributed by atoms with Crippen molar-refractivity contribution < 1.29 is 9.32 Å². The van der Waals surface area contributed by atoms with Crippen LogP contribution in [-0.2, 0) is 6.54 Å². The van der Waals surface area contributed by atoms with Gasteiger partial charge in [-0.05, 0) is 57.1 Å². The molecule has 1 amide bonds. The smallest absolute Gasteiger partial charge is 0.257 e. The number of benzene rings is 1. The largest absolute Gasteiger partial charge is 0.334 e. The van der Waals surface area contributed by atoms with Crippen LogP contribution in [0.25, 0.3) is 11.5 Å². The third kappa shape index (κ3) is 4.40. The van der Waals surface area contributed by atoms with Gasteiger partial charge in [0.25, 0.3) is 11.8 Å². The SMILES string of the molecule is Cc1noc(-c2ccc(C(=O)Nc3nc(CN4CCCCC4)cs3)cc2)n1. The summed E-state index contributed by atoms with van der Waals surface area (Å²) in [5, 5.41) is 9.30. The Hall–Kier alpha value is -2.58. The summed E-state index contributed by atoms with van der Waals surface area (Å²) < 4.78 is 5.14. The van der Waals surface area contributed by atoms with Crippen LogP contribution < -0.4 is 5.32 Å². The Morgan fingerprint density at radius 1 is 1.19 bits per heavy atom. The minimum atomic E-state index is -0.179. The van der Waals surface area contributed by atoms with E-state index in [9.17, 15) is 4.79 Å². The molecule has 1 aliphatic rings. The standard InChI is InChI=1S/C19H21N5O2S/c1-13-20-18(26-23-13)15-7-5-14(6-8-15)17(25)22-19-21-16(12-27-19)11-24-9-3-2-4-10-24/h5-8,12H,2-4,9-11H2,1H3,(H,21,22,25). The molecule has 0 radical (unpaired) electrons. The van der Waals surface area contributed by atoms with Crippen LogP contribution in [0.15, 0.2) is 34.2 Å². The van der Waals surface area contributed by atoms with Crippen LogP contribution in [-0.4, -0.2) is 39.0 Å². The number of nitrogens with zero attached hydrogens (tertiary/aromatic N) is 4. The van der Waals surface area contributed by atoms with E-state index in [0.717, 1.165) is 30.9 Å². The van der Waals surface area contributed by atoms with Crippen LogP contribution in [0.4, 0.5) is 5.13 Å². The number of rotatable bonds is 5. The highest BCUT2D eigenvalue weighted by atomic mass is 32.1. The van der Waals surface area contributed by atoms with Gasteiger partial charge in [0.05, 0.1) is 5.69 Å². The van der Waals surface area contributed by atoms with Crippen molar-refractivity contribution in [1.29, 1.82) is 0 Å². The third-order valence-electron chi connectivity index (χ3n) is 4.53. The molecule has 3 heterocycles. The van der Waals surface area contributed by atoms with Crippen molar-refractivity contribution in [2.24, 2.45) is 0 Å². The number of hydrogen-bond donors (Lipinski definition) is 1. The summed E-state index contributed by atoms with van der Waals surface area (Å²) >= 11 is 1.46. The normalized spacial score (nSPS) is 15.0. The predicted octanol–water partition coefficient (Wildman–Crippen LogP) is 3.74. The van der Waals surface area contributed by atoms with E-state index < -0.39 is 0 Å². The first-order valence-electron chi connectivity index (χ1n) is 9.06. The lowest BCUT2D eigenvalue weighted by Crippen LogP contribution is -2.29. The van der Waals surface area contributed by atoms with E-state index in [1.54, 1.807) is 31.2 Å². The highest BCUT2D eigenvalue weighted by Gasteiger charge is 2.14. The molecule has 3 aromatic rings. The Bertz CT molecular complexity index is 912. The maximum Gasteiger partial charge on any atom is 0.257 e. The number of hydrogen-bond acceptors (Lipinski definition) is 7. The summed E-state index contributed by atoms with van der Waals surface area (Å²) in [6.45, 7) is 4.88. The van der Waals surface area contributed by atoms with Crippen molar-refractivity contribution >= 4 is 22.4 Å². The summed E-state index contributed by atoms with van der Waals surface area (Å²) in [4.78, 5) is 23.6. The first-order valence-corrected chi connectivity index (χ1v) is 9.94. The predicted molar refractivity (Wildman–Crippen MR) is 104 cm³/mol. The maximum absolute atomic E-state index is 12.5. The van der Waals surface area contributed by atoms with Gasteiger partial charge in [0.1, 0.15) is 0 Å². The molecule has 1 aliphatic heterocycles. The van der Waals surface area contributed by atoms with Crippen molar-refractivity contribution in [3.63, 3.8) is 0 Å². The first kappa shape index (κ1) is 17.8. The molecule has 2 aromatic heterocycles. The van der Waals surface area contributed by atoms with Gasteiger partial charge in [0.15, 0.2) is 11.0 Å². The molecule has 1 saturated heterocycles. The van der Waals surface area contributed by atoms with Gasteiger partial charge in [-0.1, -0.05) is 11.6 Å². The van der Waals surface area contributed by atoms with E-state index >= 15 is 0 Å². The molecule has 1 fully saturated rings. The Kier molecular flexibility index (Phi) is 5.26. The average molecular weight is 383 g/mol. The molecule has 0 bridgehead atoms. The molecule has 140 valence electrons. The number of aryl methyl sites for hydroxylation is 1. The van der Waals surface area contributed by atoms with Crippen LogP contribution in [0.5, 0.6) is 0 Å². The fourth-order valence-corrected chi connectivity index (χ4v) is 3.83. The molecule has 0 aliphatic carbocycles. The van der Waals surface area contributed by atoms with Crippen LogP contribution >= 0.6 is 11.3 Å². The zero-order valence-corrected chi connectivity index (χ0v) is 16.0. The molecule has 4 rings (SSSR count). The van der Waals surface area contributed by atoms with E-state index in [0.29, 0.717) is 22.4 Å². The van der Waals surface area contributed by atoms with Gasteiger partial charge >= 0.3 is 0 Å². The van der Waals surface area contributed by atoms with Crippen LogP contribution in [0, 0.1) is 6.92 Å². The maximum atomic E-state index is 12.5. The summed E-state index contributed by atoms with van der Waals surface area (Å²) in [6, 6.07) is 7.08. The number of piperidine rings is 1. The molecule has 0 unspecified atom stereocenters. The molecule has 27 heavy (non-hydrogen) atoms. The number of thiazole rings is 1. The molecule has 1 N–H and O–H groups in total. The molecular weight excluding hydrogens is 362 g/mol. The minimum Gasteiger partial charge on any atom is -0.334 e. The molecule has 0 spiro atoms. The Morgan fingerprint density at radius 3 is 2.67 bits per heavy atom. The van der Waals surface area contributed by atoms with E-state index in [1.165, 1.54) is 30.6 Å². The summed E-state index contributed by atoms with van der Waals surface area (Å²) in [5.41, 5.74) is 2.35. The number of carbonyl (C=O) groups is 1. The number of likely N-dealkylation sites (tertiary alicyclic amines) is 1. The van der Waals surface area contributed by atoms with Gasteiger partial charge in [0.2, 0.25) is 0 Å². The molecule has 0 saturated carbocycles. The second kappa shape index (κ2) is 7.98. The fourth-order valence-electron chi connectivity index (χ4n) is 3.13. The molecule has 8 heteroatoms. The highest BCUT2D eigenvalue weighted by Crippen LogP contribution is 2.21. The fraction of sp³-hybridized carbons (Fsp3) is 0.368. The molecular formula is C19H21N5O2S. The van der Waals surface area contributed by atoms with Crippen LogP contribution in [0.3, 0.4) is 0 Å². The van der Waals surface area contributed by atoms with Gasteiger partial charge in [-0.2, -0.15) is 4.98 Å². The monoisotopic (exact) mass is 383 g/mol. The van der Waals surface area contributed by atoms with Crippen LogP contribution in [0.1, 0.15) is 41.1 Å². The van der Waals surface area contributed by atoms with Crippen molar-refractivity contribution in [3.8, 4) is 11.5 Å². The molecule has 7 nitrogen and oxygen atoms in total. The zero-order valence-electron chi connectivity index (χ0n) is 15.1. The minimum absolute atomic E-state index is 0.179. The number of anilines is 1. The number of amides is 1. The quantitative estimate of drug-likeness (QED) is 0.722. The van der Waals surface area contributed by atoms with Gasteiger partial charge < -0.3 is 4.52 Å². The van der Waals surface area contributed by atoms with Gasteiger partial charge in [-0.3, -0.25) is 15.0 Å². The topological polar surface area (TPSA) is 84.2 Å². The summed E-state index contributed by atoms with van der Waals surface area (Å²) in [5.74, 6) is 0.847. The number of aromatic nitrogens is 3. The van der Waals surface area contributed by atoms with Gasteiger partial charge in [-0.25, -0.2) is 4.98 Å². The Balaban J connectivity index is 1.37. The lowest BCUT2D eigenvalue weighted by Gasteiger charge is -2.25.